The lowest BCUT2D eigenvalue weighted by atomic mass is 9.98. The first-order chi connectivity index (χ1) is 17.2. The molecule has 1 fully saturated rings. The summed E-state index contributed by atoms with van der Waals surface area (Å²) >= 11 is 7.14. The highest BCUT2D eigenvalue weighted by Crippen LogP contribution is 2.70. The number of halogens is 1. The molecule has 1 amide bonds. The molecule has 3 aromatic carbocycles. The van der Waals surface area contributed by atoms with Crippen molar-refractivity contribution < 1.29 is 23.9 Å². The van der Waals surface area contributed by atoms with Gasteiger partial charge < -0.3 is 24.9 Å². The van der Waals surface area contributed by atoms with E-state index in [-0.39, 0.29) is 5.75 Å². The Labute approximate surface area is 220 Å². The molecule has 9 heteroatoms. The number of rotatable bonds is 9. The van der Waals surface area contributed by atoms with Gasteiger partial charge in [-0.3, -0.25) is 4.79 Å². The lowest BCUT2D eigenvalue weighted by molar-refractivity contribution is -0.122. The Hall–Kier alpha value is -2.44. The summed E-state index contributed by atoms with van der Waals surface area (Å²) in [6.07, 6.45) is -1.53. The van der Waals surface area contributed by atoms with Gasteiger partial charge in [-0.25, -0.2) is 0 Å². The average Bonchev–Trinajstić information content (AvgIpc) is 2.87. The molecule has 0 radical (unpaired) electrons. The molecule has 0 saturated carbocycles. The van der Waals surface area contributed by atoms with Crippen molar-refractivity contribution in [2.45, 2.75) is 29.3 Å². The monoisotopic (exact) mass is 545 g/mol. The highest BCUT2D eigenvalue weighted by molar-refractivity contribution is 8.58. The summed E-state index contributed by atoms with van der Waals surface area (Å²) in [7, 11) is 0. The van der Waals surface area contributed by atoms with Gasteiger partial charge >= 0.3 is 0 Å². The van der Waals surface area contributed by atoms with Gasteiger partial charge in [0.15, 0.2) is 6.34 Å². The first-order valence-electron chi connectivity index (χ1n) is 11.7. The van der Waals surface area contributed by atoms with E-state index in [0.717, 1.165) is 21.6 Å². The minimum absolute atomic E-state index is 0.0569. The maximum atomic E-state index is 13.6. The highest BCUT2D eigenvalue weighted by atomic mass is 35.5. The molecule has 6 nitrogen and oxygen atoms in total. The Morgan fingerprint density at radius 3 is 2.47 bits per heavy atom. The maximum absolute atomic E-state index is 13.6. The number of aromatic hydroxyl groups is 1. The van der Waals surface area contributed by atoms with Gasteiger partial charge in [0, 0.05) is 24.5 Å². The maximum Gasteiger partial charge on any atom is 0.232 e. The zero-order chi connectivity index (χ0) is 25.8. The number of phenols is 1. The van der Waals surface area contributed by atoms with Crippen LogP contribution in [-0.4, -0.2) is 42.7 Å². The van der Waals surface area contributed by atoms with Crippen LogP contribution in [0.1, 0.15) is 18.4 Å². The third kappa shape index (κ3) is 5.92. The van der Waals surface area contributed by atoms with E-state index < -0.39 is 17.4 Å². The van der Waals surface area contributed by atoms with Crippen LogP contribution in [0.15, 0.2) is 71.6 Å². The van der Waals surface area contributed by atoms with Crippen LogP contribution in [0, 0.1) is 0 Å². The van der Waals surface area contributed by atoms with Crippen molar-refractivity contribution in [2.24, 2.45) is 5.73 Å². The lowest BCUT2D eigenvalue weighted by Gasteiger charge is -2.38. The molecule has 3 N–H and O–H groups in total. The van der Waals surface area contributed by atoms with Crippen molar-refractivity contribution in [3.05, 3.63) is 77.3 Å². The van der Waals surface area contributed by atoms with Gasteiger partial charge in [0.25, 0.3) is 0 Å². The molecule has 0 aromatic heterocycles. The first kappa shape index (κ1) is 26.6. The van der Waals surface area contributed by atoms with E-state index in [0.29, 0.717) is 49.9 Å². The van der Waals surface area contributed by atoms with Gasteiger partial charge in [0.05, 0.1) is 11.6 Å². The number of hydrogen-bond donors (Lipinski definition) is 2. The van der Waals surface area contributed by atoms with E-state index in [2.05, 4.69) is 6.07 Å². The Morgan fingerprint density at radius 2 is 1.81 bits per heavy atom. The quantitative estimate of drug-likeness (QED) is 0.303. The summed E-state index contributed by atoms with van der Waals surface area (Å²) in [6, 6.07) is 20.7. The van der Waals surface area contributed by atoms with Crippen LogP contribution in [0.3, 0.4) is 0 Å². The number of amides is 1. The number of ether oxygens (including phenoxy) is 2. The van der Waals surface area contributed by atoms with Crippen molar-refractivity contribution in [1.29, 1.82) is 0 Å². The van der Waals surface area contributed by atoms with Crippen LogP contribution in [0.4, 0.5) is 0 Å². The molecule has 3 aromatic rings. The summed E-state index contributed by atoms with van der Waals surface area (Å²) in [5.74, 6) is 0.252. The summed E-state index contributed by atoms with van der Waals surface area (Å²) in [4.78, 5) is 13.1. The highest BCUT2D eigenvalue weighted by Gasteiger charge is 2.51. The third-order valence-corrected chi connectivity index (χ3v) is 12.6. The SMILES string of the molecule is CP(=O)(Sc1ccc(OCCc2cccc(-c3ccc(Cl)c(O)c3)c2)cc1)C1(C(N)=O)CCOCC1. The molecule has 1 heterocycles. The van der Waals surface area contributed by atoms with Crippen LogP contribution in [0.25, 0.3) is 11.1 Å². The van der Waals surface area contributed by atoms with Crippen LogP contribution in [0.5, 0.6) is 11.5 Å². The zero-order valence-electron chi connectivity index (χ0n) is 20.0. The van der Waals surface area contributed by atoms with E-state index >= 15 is 0 Å². The van der Waals surface area contributed by atoms with E-state index in [9.17, 15) is 14.5 Å². The van der Waals surface area contributed by atoms with Crippen molar-refractivity contribution in [2.75, 3.05) is 26.5 Å². The number of carbonyl (C=O) groups is 1. The molecule has 1 saturated heterocycles. The number of primary amides is 1. The second-order valence-electron chi connectivity index (χ2n) is 8.88. The Kier molecular flexibility index (Phi) is 8.36. The number of carbonyl (C=O) groups excluding carboxylic acids is 1. The molecule has 1 aliphatic rings. The fraction of sp³-hybridized carbons (Fsp3) is 0.296. The standard InChI is InChI=1S/C27H29ClNO5PS/c1-35(32,27(26(29)31)12-15-33-16-13-27)36-23-8-6-22(7-9-23)34-14-11-19-3-2-4-20(17-19)21-5-10-24(28)25(30)18-21/h2-10,17-18,30H,11-16H2,1H3,(H2,29,31). The Bertz CT molecular complexity index is 1280. The minimum Gasteiger partial charge on any atom is -0.506 e. The van der Waals surface area contributed by atoms with E-state index in [1.54, 1.807) is 18.8 Å². The van der Waals surface area contributed by atoms with E-state index in [1.165, 1.54) is 11.4 Å². The fourth-order valence-electron chi connectivity index (χ4n) is 4.33. The second-order valence-corrected chi connectivity index (χ2v) is 15.1. The van der Waals surface area contributed by atoms with Gasteiger partial charge in [-0.05, 0) is 72.6 Å². The zero-order valence-corrected chi connectivity index (χ0v) is 22.5. The third-order valence-electron chi connectivity index (χ3n) is 6.53. The molecule has 1 unspecified atom stereocenters. The number of nitrogens with two attached hydrogens (primary N) is 1. The molecule has 1 atom stereocenters. The minimum atomic E-state index is -2.99. The fourth-order valence-corrected chi connectivity index (χ4v) is 9.59. The second kappa shape index (κ2) is 11.3. The van der Waals surface area contributed by atoms with Crippen molar-refractivity contribution in [3.8, 4) is 22.6 Å². The van der Waals surface area contributed by atoms with Crippen molar-refractivity contribution >= 4 is 35.2 Å². The predicted octanol–water partition coefficient (Wildman–Crippen LogP) is 6.37. The van der Waals surface area contributed by atoms with Gasteiger partial charge in [0.1, 0.15) is 16.7 Å². The predicted molar refractivity (Wildman–Crippen MR) is 146 cm³/mol. The molecule has 0 bridgehead atoms. The van der Waals surface area contributed by atoms with Crippen molar-refractivity contribution in [3.63, 3.8) is 0 Å². The molecule has 4 rings (SSSR count). The summed E-state index contributed by atoms with van der Waals surface area (Å²) < 4.78 is 24.9. The largest absolute Gasteiger partial charge is 0.506 e. The van der Waals surface area contributed by atoms with Crippen LogP contribution in [0.2, 0.25) is 5.02 Å². The number of phenolic OH excluding ortho intramolecular Hbond substituents is 1. The van der Waals surface area contributed by atoms with Crippen LogP contribution >= 0.6 is 29.3 Å². The van der Waals surface area contributed by atoms with Crippen LogP contribution < -0.4 is 10.5 Å². The normalized spacial score (nSPS) is 16.7. The summed E-state index contributed by atoms with van der Waals surface area (Å²) in [6.45, 7) is 2.91. The van der Waals surface area contributed by atoms with E-state index in [1.807, 2.05) is 48.5 Å². The molecule has 190 valence electrons. The summed E-state index contributed by atoms with van der Waals surface area (Å²) in [5.41, 5.74) is 8.69. The van der Waals surface area contributed by atoms with Gasteiger partial charge in [-0.1, -0.05) is 53.3 Å². The number of benzene rings is 3. The molecule has 0 aliphatic carbocycles. The van der Waals surface area contributed by atoms with Crippen LogP contribution in [-0.2, 0) is 20.5 Å². The van der Waals surface area contributed by atoms with Gasteiger partial charge in [-0.15, -0.1) is 0 Å². The smallest absolute Gasteiger partial charge is 0.232 e. The molecule has 36 heavy (non-hydrogen) atoms. The molecule has 1 aliphatic heterocycles. The van der Waals surface area contributed by atoms with Gasteiger partial charge in [0.2, 0.25) is 5.91 Å². The van der Waals surface area contributed by atoms with Crippen molar-refractivity contribution in [1.82, 2.24) is 0 Å². The lowest BCUT2D eigenvalue weighted by Crippen LogP contribution is -2.47. The average molecular weight is 546 g/mol. The van der Waals surface area contributed by atoms with E-state index in [4.69, 9.17) is 26.8 Å². The molecule has 0 spiro atoms. The Balaban J connectivity index is 1.35. The molecular weight excluding hydrogens is 517 g/mol. The Morgan fingerprint density at radius 1 is 1.11 bits per heavy atom. The first-order valence-corrected chi connectivity index (χ1v) is 15.6. The molecular formula is C27H29ClNO5PS. The topological polar surface area (TPSA) is 98.9 Å². The number of hydrogen-bond acceptors (Lipinski definition) is 6. The van der Waals surface area contributed by atoms with Gasteiger partial charge in [-0.2, -0.15) is 0 Å². The summed E-state index contributed by atoms with van der Waals surface area (Å²) in [5, 5.41) is 9.18.